The van der Waals surface area contributed by atoms with Crippen molar-refractivity contribution in [1.29, 1.82) is 0 Å². The number of carbonyl (C=O) groups is 1. The van der Waals surface area contributed by atoms with Gasteiger partial charge in [-0.2, -0.15) is 0 Å². The van der Waals surface area contributed by atoms with Crippen molar-refractivity contribution >= 4 is 5.91 Å². The highest BCUT2D eigenvalue weighted by molar-refractivity contribution is 5.94. The Labute approximate surface area is 146 Å². The molecule has 0 unspecified atom stereocenters. The molecule has 2 heterocycles. The fourth-order valence-corrected chi connectivity index (χ4v) is 2.44. The highest BCUT2D eigenvalue weighted by Gasteiger charge is 2.09. The average molecular weight is 333 g/mol. The molecule has 5 nitrogen and oxygen atoms in total. The zero-order valence-corrected chi connectivity index (χ0v) is 14.0. The topological polar surface area (TPSA) is 64.1 Å². The average Bonchev–Trinajstić information content (AvgIpc) is 2.68. The largest absolute Gasteiger partial charge is 0.494 e. The van der Waals surface area contributed by atoms with Gasteiger partial charge in [0.25, 0.3) is 5.91 Å². The molecule has 0 atom stereocenters. The minimum atomic E-state index is -0.170. The van der Waals surface area contributed by atoms with Crippen LogP contribution in [0.2, 0.25) is 0 Å². The number of benzene rings is 1. The first-order valence-corrected chi connectivity index (χ1v) is 8.13. The minimum absolute atomic E-state index is 0.170. The Hall–Kier alpha value is -3.21. The van der Waals surface area contributed by atoms with E-state index in [1.54, 1.807) is 24.7 Å². The van der Waals surface area contributed by atoms with Gasteiger partial charge < -0.3 is 10.1 Å². The lowest BCUT2D eigenvalue weighted by molar-refractivity contribution is 0.0950. The zero-order valence-electron chi connectivity index (χ0n) is 14.0. The molecule has 2 aromatic heterocycles. The van der Waals surface area contributed by atoms with Gasteiger partial charge >= 0.3 is 0 Å². The third kappa shape index (κ3) is 4.20. The minimum Gasteiger partial charge on any atom is -0.494 e. The third-order valence-corrected chi connectivity index (χ3v) is 3.69. The van der Waals surface area contributed by atoms with Crippen molar-refractivity contribution in [2.45, 2.75) is 13.5 Å². The summed E-state index contributed by atoms with van der Waals surface area (Å²) in [5, 5.41) is 2.90. The molecule has 0 fully saturated rings. The van der Waals surface area contributed by atoms with Gasteiger partial charge in [-0.1, -0.05) is 18.2 Å². The smallest absolute Gasteiger partial charge is 0.253 e. The van der Waals surface area contributed by atoms with Gasteiger partial charge in [-0.3, -0.25) is 14.8 Å². The summed E-state index contributed by atoms with van der Waals surface area (Å²) in [6.45, 7) is 2.93. The Morgan fingerprint density at radius 1 is 1.08 bits per heavy atom. The van der Waals surface area contributed by atoms with E-state index in [1.807, 2.05) is 49.4 Å². The first-order chi connectivity index (χ1) is 12.3. The van der Waals surface area contributed by atoms with Crippen LogP contribution in [-0.4, -0.2) is 22.5 Å². The van der Waals surface area contributed by atoms with Gasteiger partial charge in [0.15, 0.2) is 0 Å². The van der Waals surface area contributed by atoms with Crippen LogP contribution in [0.5, 0.6) is 5.75 Å². The fraction of sp³-hybridized carbons (Fsp3) is 0.150. The summed E-state index contributed by atoms with van der Waals surface area (Å²) in [5.41, 5.74) is 3.16. The molecule has 5 heteroatoms. The van der Waals surface area contributed by atoms with Crippen LogP contribution in [0.25, 0.3) is 11.3 Å². The first-order valence-electron chi connectivity index (χ1n) is 8.13. The van der Waals surface area contributed by atoms with E-state index in [9.17, 15) is 4.79 Å². The molecule has 0 radical (unpaired) electrons. The molecule has 0 saturated carbocycles. The highest BCUT2D eigenvalue weighted by atomic mass is 16.5. The SMILES string of the molecule is CCOc1ccccc1CNC(=O)c1ccc(-c2cccnc2)nc1. The highest BCUT2D eigenvalue weighted by Crippen LogP contribution is 2.18. The zero-order chi connectivity index (χ0) is 17.5. The van der Waals surface area contributed by atoms with E-state index >= 15 is 0 Å². The Morgan fingerprint density at radius 2 is 1.96 bits per heavy atom. The number of rotatable bonds is 6. The quantitative estimate of drug-likeness (QED) is 0.750. The molecule has 126 valence electrons. The van der Waals surface area contributed by atoms with E-state index < -0.39 is 0 Å². The number of aromatic nitrogens is 2. The fourth-order valence-electron chi connectivity index (χ4n) is 2.44. The normalized spacial score (nSPS) is 10.3. The maximum atomic E-state index is 12.3. The van der Waals surface area contributed by atoms with Crippen LogP contribution < -0.4 is 10.1 Å². The Kier molecular flexibility index (Phi) is 5.36. The van der Waals surface area contributed by atoms with Gasteiger partial charge in [0.2, 0.25) is 0 Å². The van der Waals surface area contributed by atoms with E-state index in [2.05, 4.69) is 15.3 Å². The number of para-hydroxylation sites is 1. The predicted octanol–water partition coefficient (Wildman–Crippen LogP) is 3.47. The second-order valence-electron chi connectivity index (χ2n) is 5.40. The lowest BCUT2D eigenvalue weighted by Crippen LogP contribution is -2.23. The molecular formula is C20H19N3O2. The first kappa shape index (κ1) is 16.6. The molecule has 1 amide bonds. The predicted molar refractivity (Wildman–Crippen MR) is 96.2 cm³/mol. The molecule has 0 aliphatic rings. The van der Waals surface area contributed by atoms with Crippen LogP contribution in [0, 0.1) is 0 Å². The van der Waals surface area contributed by atoms with E-state index in [4.69, 9.17) is 4.74 Å². The molecule has 0 spiro atoms. The van der Waals surface area contributed by atoms with Crippen molar-refractivity contribution in [3.05, 3.63) is 78.2 Å². The molecule has 0 aliphatic carbocycles. The van der Waals surface area contributed by atoms with Gasteiger partial charge in [-0.05, 0) is 37.3 Å². The second kappa shape index (κ2) is 8.06. The molecule has 1 aromatic carbocycles. The van der Waals surface area contributed by atoms with Crippen molar-refractivity contribution in [2.75, 3.05) is 6.61 Å². The van der Waals surface area contributed by atoms with Crippen LogP contribution >= 0.6 is 0 Å². The Balaban J connectivity index is 1.66. The molecule has 3 aromatic rings. The summed E-state index contributed by atoms with van der Waals surface area (Å²) >= 11 is 0. The summed E-state index contributed by atoms with van der Waals surface area (Å²) in [4.78, 5) is 20.8. The third-order valence-electron chi connectivity index (χ3n) is 3.69. The number of hydrogen-bond acceptors (Lipinski definition) is 4. The molecule has 0 aliphatic heterocycles. The molecule has 0 bridgehead atoms. The lowest BCUT2D eigenvalue weighted by Gasteiger charge is -2.11. The maximum absolute atomic E-state index is 12.3. The van der Waals surface area contributed by atoms with Crippen LogP contribution in [0.1, 0.15) is 22.8 Å². The van der Waals surface area contributed by atoms with Crippen LogP contribution in [0.15, 0.2) is 67.1 Å². The molecule has 25 heavy (non-hydrogen) atoms. The van der Waals surface area contributed by atoms with E-state index in [0.717, 1.165) is 22.6 Å². The number of nitrogens with zero attached hydrogens (tertiary/aromatic N) is 2. The van der Waals surface area contributed by atoms with Crippen molar-refractivity contribution in [3.8, 4) is 17.0 Å². The molecule has 3 rings (SSSR count). The van der Waals surface area contributed by atoms with Gasteiger partial charge in [0, 0.05) is 36.3 Å². The summed E-state index contributed by atoms with van der Waals surface area (Å²) in [6.07, 6.45) is 5.03. The summed E-state index contributed by atoms with van der Waals surface area (Å²) in [5.74, 6) is 0.617. The van der Waals surface area contributed by atoms with Gasteiger partial charge in [-0.15, -0.1) is 0 Å². The summed E-state index contributed by atoms with van der Waals surface area (Å²) in [7, 11) is 0. The number of amides is 1. The van der Waals surface area contributed by atoms with Crippen molar-refractivity contribution in [1.82, 2.24) is 15.3 Å². The number of pyridine rings is 2. The summed E-state index contributed by atoms with van der Waals surface area (Å²) in [6, 6.07) is 15.0. The van der Waals surface area contributed by atoms with Gasteiger partial charge in [-0.25, -0.2) is 0 Å². The number of carbonyl (C=O) groups excluding carboxylic acids is 1. The van der Waals surface area contributed by atoms with Gasteiger partial charge in [0.1, 0.15) is 5.75 Å². The van der Waals surface area contributed by atoms with Crippen LogP contribution in [0.4, 0.5) is 0 Å². The summed E-state index contributed by atoms with van der Waals surface area (Å²) < 4.78 is 5.57. The Morgan fingerprint density at radius 3 is 2.68 bits per heavy atom. The van der Waals surface area contributed by atoms with Crippen LogP contribution in [0.3, 0.4) is 0 Å². The number of nitrogens with one attached hydrogen (secondary N) is 1. The standard InChI is InChI=1S/C20H19N3O2/c1-2-25-19-8-4-3-6-16(19)13-23-20(24)17-9-10-18(22-14-17)15-7-5-11-21-12-15/h3-12,14H,2,13H2,1H3,(H,23,24). The number of ether oxygens (including phenoxy) is 1. The van der Waals surface area contributed by atoms with Crippen molar-refractivity contribution < 1.29 is 9.53 Å². The van der Waals surface area contributed by atoms with E-state index in [1.165, 1.54) is 0 Å². The monoisotopic (exact) mass is 333 g/mol. The van der Waals surface area contributed by atoms with Crippen molar-refractivity contribution in [3.63, 3.8) is 0 Å². The van der Waals surface area contributed by atoms with E-state index in [-0.39, 0.29) is 5.91 Å². The number of hydrogen-bond donors (Lipinski definition) is 1. The van der Waals surface area contributed by atoms with Crippen LogP contribution in [-0.2, 0) is 6.54 Å². The lowest BCUT2D eigenvalue weighted by atomic mass is 10.1. The Bertz CT molecular complexity index is 833. The van der Waals surface area contributed by atoms with Gasteiger partial charge in [0.05, 0.1) is 17.9 Å². The maximum Gasteiger partial charge on any atom is 0.253 e. The molecular weight excluding hydrogens is 314 g/mol. The second-order valence-corrected chi connectivity index (χ2v) is 5.40. The molecule has 0 saturated heterocycles. The van der Waals surface area contributed by atoms with E-state index in [0.29, 0.717) is 18.7 Å². The molecule has 1 N–H and O–H groups in total. The van der Waals surface area contributed by atoms with Crippen molar-refractivity contribution in [2.24, 2.45) is 0 Å².